The third-order valence-corrected chi connectivity index (χ3v) is 3.88. The molecule has 2 heterocycles. The van der Waals surface area contributed by atoms with Gasteiger partial charge in [-0.1, -0.05) is 11.3 Å². The van der Waals surface area contributed by atoms with Gasteiger partial charge in [-0.15, -0.1) is 0 Å². The lowest BCUT2D eigenvalue weighted by Gasteiger charge is -2.22. The topological polar surface area (TPSA) is 58.0 Å². The average molecular weight is 250 g/mol. The number of fused-ring (bicyclic) bond motifs is 1. The van der Waals surface area contributed by atoms with Crippen LogP contribution in [0.4, 0.5) is 0 Å². The summed E-state index contributed by atoms with van der Waals surface area (Å²) >= 11 is 1.21. The molecule has 17 heavy (non-hydrogen) atoms. The van der Waals surface area contributed by atoms with Gasteiger partial charge in [0.15, 0.2) is 0 Å². The summed E-state index contributed by atoms with van der Waals surface area (Å²) in [5.41, 5.74) is 2.23. The number of aryl methyl sites for hydroxylation is 1. The predicted octanol–water partition coefficient (Wildman–Crippen LogP) is 2.20. The van der Waals surface area contributed by atoms with Crippen molar-refractivity contribution in [2.24, 2.45) is 0 Å². The number of aromatic nitrogens is 1. The maximum Gasteiger partial charge on any atom is 0.304 e. The molecule has 3 rings (SSSR count). The van der Waals surface area contributed by atoms with Crippen LogP contribution in [0.1, 0.15) is 35.9 Å². The van der Waals surface area contributed by atoms with Crippen molar-refractivity contribution in [2.75, 3.05) is 0 Å². The molecule has 1 aliphatic rings. The van der Waals surface area contributed by atoms with Crippen molar-refractivity contribution in [1.82, 2.24) is 10.3 Å². The highest BCUT2D eigenvalue weighted by Crippen LogP contribution is 2.30. The zero-order valence-corrected chi connectivity index (χ0v) is 10.2. The average Bonchev–Trinajstić information content (AvgIpc) is 2.94. The first-order valence-corrected chi connectivity index (χ1v) is 6.67. The van der Waals surface area contributed by atoms with Gasteiger partial charge in [0, 0.05) is 35.6 Å². The highest BCUT2D eigenvalue weighted by atomic mass is 32.1. The van der Waals surface area contributed by atoms with Gasteiger partial charge in [-0.25, -0.2) is 0 Å². The van der Waals surface area contributed by atoms with E-state index in [9.17, 15) is 4.79 Å². The molecule has 0 aromatic carbocycles. The Hall–Kier alpha value is -1.33. The Morgan fingerprint density at radius 3 is 3.35 bits per heavy atom. The van der Waals surface area contributed by atoms with Crippen molar-refractivity contribution in [3.8, 4) is 0 Å². The summed E-state index contributed by atoms with van der Waals surface area (Å²) < 4.78 is 5.45. The molecule has 0 bridgehead atoms. The van der Waals surface area contributed by atoms with Crippen LogP contribution in [0.5, 0.6) is 0 Å². The van der Waals surface area contributed by atoms with Gasteiger partial charge >= 0.3 is 4.87 Å². The first-order chi connectivity index (χ1) is 8.33. The van der Waals surface area contributed by atoms with Gasteiger partial charge in [0.25, 0.3) is 0 Å². The highest BCUT2D eigenvalue weighted by Gasteiger charge is 2.21. The lowest BCUT2D eigenvalue weighted by molar-refractivity contribution is 0.409. The molecule has 0 radical (unpaired) electrons. The fourth-order valence-electron chi connectivity index (χ4n) is 2.33. The molecule has 0 spiro atoms. The molecule has 4 nitrogen and oxygen atoms in total. The van der Waals surface area contributed by atoms with E-state index >= 15 is 0 Å². The summed E-state index contributed by atoms with van der Waals surface area (Å²) in [4.78, 5) is 13.8. The minimum Gasteiger partial charge on any atom is -0.469 e. The molecule has 0 saturated carbocycles. The number of hydrogen-bond acceptors (Lipinski definition) is 4. The zero-order valence-electron chi connectivity index (χ0n) is 9.36. The molecule has 1 aliphatic carbocycles. The van der Waals surface area contributed by atoms with E-state index in [4.69, 9.17) is 4.42 Å². The van der Waals surface area contributed by atoms with Crippen LogP contribution in [-0.4, -0.2) is 4.98 Å². The lowest BCUT2D eigenvalue weighted by Crippen LogP contribution is -2.24. The smallest absolute Gasteiger partial charge is 0.304 e. The summed E-state index contributed by atoms with van der Waals surface area (Å²) in [5, 5.41) is 5.34. The monoisotopic (exact) mass is 250 g/mol. The summed E-state index contributed by atoms with van der Waals surface area (Å²) in [6, 6.07) is 2.39. The maximum absolute atomic E-state index is 11.0. The number of aromatic amines is 1. The molecular weight excluding hydrogens is 236 g/mol. The molecule has 0 amide bonds. The summed E-state index contributed by atoms with van der Waals surface area (Å²) in [5.74, 6) is 1.10. The Labute approximate surface area is 103 Å². The number of rotatable bonds is 3. The van der Waals surface area contributed by atoms with Gasteiger partial charge in [-0.2, -0.15) is 0 Å². The highest BCUT2D eigenvalue weighted by molar-refractivity contribution is 7.07. The van der Waals surface area contributed by atoms with Gasteiger partial charge in [0.1, 0.15) is 5.76 Å². The van der Waals surface area contributed by atoms with Crippen LogP contribution in [0.25, 0.3) is 0 Å². The van der Waals surface area contributed by atoms with Crippen molar-refractivity contribution < 1.29 is 4.42 Å². The molecule has 2 aromatic heterocycles. The van der Waals surface area contributed by atoms with Crippen LogP contribution < -0.4 is 10.2 Å². The quantitative estimate of drug-likeness (QED) is 0.878. The van der Waals surface area contributed by atoms with Crippen molar-refractivity contribution in [1.29, 1.82) is 0 Å². The Kier molecular flexibility index (Phi) is 2.86. The third-order valence-electron chi connectivity index (χ3n) is 3.16. The van der Waals surface area contributed by atoms with E-state index in [1.807, 2.05) is 11.4 Å². The van der Waals surface area contributed by atoms with Gasteiger partial charge < -0.3 is 14.7 Å². The Morgan fingerprint density at radius 2 is 2.53 bits per heavy atom. The van der Waals surface area contributed by atoms with Crippen LogP contribution >= 0.6 is 11.3 Å². The number of hydrogen-bond donors (Lipinski definition) is 2. The number of furan rings is 1. The first-order valence-electron chi connectivity index (χ1n) is 5.79. The Morgan fingerprint density at radius 1 is 1.59 bits per heavy atom. The van der Waals surface area contributed by atoms with E-state index < -0.39 is 0 Å². The van der Waals surface area contributed by atoms with Gasteiger partial charge in [0.2, 0.25) is 0 Å². The minimum absolute atomic E-state index is 0.00874. The second-order valence-electron chi connectivity index (χ2n) is 4.30. The maximum atomic E-state index is 11.0. The van der Waals surface area contributed by atoms with Crippen molar-refractivity contribution in [3.63, 3.8) is 0 Å². The lowest BCUT2D eigenvalue weighted by atomic mass is 9.93. The SMILES string of the molecule is O=c1[nH]c(CNC2CCCc3occc32)cs1. The van der Waals surface area contributed by atoms with Crippen LogP contribution in [0.3, 0.4) is 0 Å². The minimum atomic E-state index is 0.00874. The van der Waals surface area contributed by atoms with Crippen LogP contribution in [0, 0.1) is 0 Å². The summed E-state index contributed by atoms with van der Waals surface area (Å²) in [6.07, 6.45) is 5.08. The van der Waals surface area contributed by atoms with Crippen LogP contribution in [0.2, 0.25) is 0 Å². The van der Waals surface area contributed by atoms with E-state index in [2.05, 4.69) is 10.3 Å². The standard InChI is InChI=1S/C12H14N2O2S/c15-12-14-8(7-17-12)6-13-10-2-1-3-11-9(10)4-5-16-11/h4-5,7,10,13H,1-3,6H2,(H,14,15). The van der Waals surface area contributed by atoms with Crippen LogP contribution in [-0.2, 0) is 13.0 Å². The zero-order chi connectivity index (χ0) is 11.7. The van der Waals surface area contributed by atoms with E-state index in [1.165, 1.54) is 16.9 Å². The molecule has 2 aromatic rings. The molecule has 2 N–H and O–H groups in total. The third kappa shape index (κ3) is 2.21. The summed E-state index contributed by atoms with van der Waals surface area (Å²) in [6.45, 7) is 0.702. The van der Waals surface area contributed by atoms with E-state index in [0.717, 1.165) is 30.7 Å². The number of H-pyrrole nitrogens is 1. The van der Waals surface area contributed by atoms with Crippen molar-refractivity contribution >= 4 is 11.3 Å². The molecule has 1 atom stereocenters. The second-order valence-corrected chi connectivity index (χ2v) is 5.14. The Balaban J connectivity index is 1.69. The molecule has 0 fully saturated rings. The normalized spacial score (nSPS) is 19.2. The van der Waals surface area contributed by atoms with Gasteiger partial charge in [0.05, 0.1) is 6.26 Å². The number of thiazole rings is 1. The van der Waals surface area contributed by atoms with Crippen LogP contribution in [0.15, 0.2) is 26.9 Å². The number of nitrogens with one attached hydrogen (secondary N) is 2. The fourth-order valence-corrected chi connectivity index (χ4v) is 2.91. The molecular formula is C12H14N2O2S. The van der Waals surface area contributed by atoms with Gasteiger partial charge in [-0.3, -0.25) is 4.79 Å². The molecule has 90 valence electrons. The first kappa shape index (κ1) is 10.8. The molecule has 0 saturated heterocycles. The summed E-state index contributed by atoms with van der Waals surface area (Å²) in [7, 11) is 0. The van der Waals surface area contributed by atoms with E-state index in [0.29, 0.717) is 12.6 Å². The predicted molar refractivity (Wildman–Crippen MR) is 66.2 cm³/mol. The molecule has 0 aliphatic heterocycles. The van der Waals surface area contributed by atoms with Crippen molar-refractivity contribution in [2.45, 2.75) is 31.8 Å². The molecule has 1 unspecified atom stereocenters. The fraction of sp³-hybridized carbons (Fsp3) is 0.417. The van der Waals surface area contributed by atoms with E-state index in [1.54, 1.807) is 6.26 Å². The Bertz CT molecular complexity index is 555. The van der Waals surface area contributed by atoms with Gasteiger partial charge in [-0.05, 0) is 18.9 Å². The molecule has 5 heteroatoms. The van der Waals surface area contributed by atoms with E-state index in [-0.39, 0.29) is 4.87 Å². The largest absolute Gasteiger partial charge is 0.469 e. The van der Waals surface area contributed by atoms with Crippen molar-refractivity contribution in [3.05, 3.63) is 44.4 Å². The second kappa shape index (κ2) is 4.50.